The fourth-order valence-electron chi connectivity index (χ4n) is 2.91. The number of phosphoric ester groups is 2. The van der Waals surface area contributed by atoms with Crippen LogP contribution < -0.4 is 9.79 Å². The summed E-state index contributed by atoms with van der Waals surface area (Å²) in [6, 6.07) is 0. The maximum Gasteiger partial charge on any atom is 2.00 e. The van der Waals surface area contributed by atoms with Gasteiger partial charge in [0, 0.05) is 0 Å². The molecule has 0 aliphatic heterocycles. The molecule has 0 aliphatic carbocycles. The van der Waals surface area contributed by atoms with E-state index in [0.717, 1.165) is 77.0 Å². The molecule has 0 aliphatic rings. The Kier molecular flexibility index (Phi) is 30.3. The van der Waals surface area contributed by atoms with Gasteiger partial charge in [0.2, 0.25) is 0 Å². The van der Waals surface area contributed by atoms with Gasteiger partial charge in [-0.3, -0.25) is 9.13 Å². The van der Waals surface area contributed by atoms with Crippen LogP contribution in [0.5, 0.6) is 0 Å². The molecule has 0 bridgehead atoms. The third kappa shape index (κ3) is 27.6. The van der Waals surface area contributed by atoms with Crippen LogP contribution in [0.3, 0.4) is 0 Å². The van der Waals surface area contributed by atoms with Crippen LogP contribution in [0.25, 0.3) is 0 Å². The van der Waals surface area contributed by atoms with Crippen LogP contribution in [0.4, 0.5) is 0 Å². The van der Waals surface area contributed by atoms with Gasteiger partial charge in [0.25, 0.3) is 15.6 Å². The second kappa shape index (κ2) is 26.3. The summed E-state index contributed by atoms with van der Waals surface area (Å²) in [6.07, 6.45) is 11.7. The van der Waals surface area contributed by atoms with Crippen molar-refractivity contribution in [3.8, 4) is 0 Å². The summed E-state index contributed by atoms with van der Waals surface area (Å²) in [5.41, 5.74) is 0. The number of phosphoric acid groups is 2. The average molecular weight is 590 g/mol. The molecule has 0 amide bonds. The largest absolute Gasteiger partial charge is 2.00 e. The molecule has 0 aromatic rings. The zero-order chi connectivity index (χ0) is 26.3. The predicted molar refractivity (Wildman–Crippen MR) is 135 cm³/mol. The van der Waals surface area contributed by atoms with Crippen LogP contribution in [0.2, 0.25) is 0 Å². The van der Waals surface area contributed by atoms with Gasteiger partial charge in [-0.2, -0.15) is 0 Å². The molecule has 0 rings (SSSR count). The monoisotopic (exact) mass is 589 g/mol. The minimum absolute atomic E-state index is 0. The van der Waals surface area contributed by atoms with Crippen molar-refractivity contribution >= 4 is 15.6 Å². The molecular formula is C24H52CoO8P2. The zero-order valence-corrected chi connectivity index (χ0v) is 25.8. The summed E-state index contributed by atoms with van der Waals surface area (Å²) in [7, 11) is -8.14. The van der Waals surface area contributed by atoms with Crippen molar-refractivity contribution in [2.24, 2.45) is 11.8 Å². The van der Waals surface area contributed by atoms with E-state index >= 15 is 0 Å². The van der Waals surface area contributed by atoms with E-state index in [1.165, 1.54) is 0 Å². The average Bonchev–Trinajstić information content (AvgIpc) is 2.80. The first-order valence-corrected chi connectivity index (χ1v) is 16.2. The molecule has 0 saturated carbocycles. The Hall–Kier alpha value is 0.726. The quantitative estimate of drug-likeness (QED) is 0.0978. The van der Waals surface area contributed by atoms with Gasteiger partial charge in [-0.05, 0) is 37.5 Å². The van der Waals surface area contributed by atoms with E-state index in [1.54, 1.807) is 0 Å². The Morgan fingerprint density at radius 1 is 0.571 bits per heavy atom. The smallest absolute Gasteiger partial charge is 0.756 e. The number of unbranched alkanes of at least 4 members (excludes halogenated alkanes) is 4. The first kappa shape index (κ1) is 40.2. The zero-order valence-electron chi connectivity index (χ0n) is 23.0. The standard InChI is InChI=1S/2C12H27O4P.Co/c2*1-4-7-9-12(6-3)11-16-17(13,14)15-10-8-5-2;/h2*12H,4-11H2,1-3H3,(H,13,14);/q;;+2/p-2. The molecule has 1 radical (unpaired) electrons. The molecule has 4 unspecified atom stereocenters. The second-order valence-corrected chi connectivity index (χ2v) is 11.5. The van der Waals surface area contributed by atoms with Crippen LogP contribution in [-0.2, 0) is 44.0 Å². The number of rotatable bonds is 22. The summed E-state index contributed by atoms with van der Waals surface area (Å²) >= 11 is 0. The second-order valence-electron chi connectivity index (χ2n) is 8.69. The molecule has 0 spiro atoms. The maximum absolute atomic E-state index is 11.4. The molecule has 0 N–H and O–H groups in total. The van der Waals surface area contributed by atoms with Gasteiger partial charge in [0.1, 0.15) is 0 Å². The summed E-state index contributed by atoms with van der Waals surface area (Å²) in [5.74, 6) is 0.624. The van der Waals surface area contributed by atoms with Gasteiger partial charge in [-0.25, -0.2) is 0 Å². The minimum Gasteiger partial charge on any atom is -0.756 e. The normalized spacial score (nSPS) is 16.2. The van der Waals surface area contributed by atoms with Crippen molar-refractivity contribution in [2.75, 3.05) is 26.4 Å². The van der Waals surface area contributed by atoms with Gasteiger partial charge >= 0.3 is 16.8 Å². The van der Waals surface area contributed by atoms with E-state index in [1.807, 2.05) is 13.8 Å². The van der Waals surface area contributed by atoms with Crippen molar-refractivity contribution in [3.05, 3.63) is 0 Å². The van der Waals surface area contributed by atoms with E-state index in [9.17, 15) is 18.9 Å². The van der Waals surface area contributed by atoms with Gasteiger partial charge in [-0.15, -0.1) is 0 Å². The molecule has 4 atom stereocenters. The van der Waals surface area contributed by atoms with E-state index in [2.05, 4.69) is 27.7 Å². The summed E-state index contributed by atoms with van der Waals surface area (Å²) in [4.78, 5) is 22.8. The molecule has 0 saturated heterocycles. The molecule has 0 heterocycles. The van der Waals surface area contributed by atoms with Crippen molar-refractivity contribution in [3.63, 3.8) is 0 Å². The maximum atomic E-state index is 11.4. The topological polar surface area (TPSA) is 117 Å². The Morgan fingerprint density at radius 3 is 1.14 bits per heavy atom. The molecule has 35 heavy (non-hydrogen) atoms. The molecular weight excluding hydrogens is 537 g/mol. The fraction of sp³-hybridized carbons (Fsp3) is 1.00. The van der Waals surface area contributed by atoms with E-state index < -0.39 is 15.6 Å². The molecule has 0 aromatic heterocycles. The van der Waals surface area contributed by atoms with Crippen molar-refractivity contribution < 1.29 is 53.8 Å². The SMILES string of the molecule is CCCCOP(=O)([O-])OCC(CC)CCCC.CCCCOP(=O)([O-])OCC(CC)CCCC.[Co+2]. The first-order chi connectivity index (χ1) is 16.1. The first-order valence-electron chi connectivity index (χ1n) is 13.3. The van der Waals surface area contributed by atoms with Crippen LogP contribution >= 0.6 is 15.6 Å². The van der Waals surface area contributed by atoms with Crippen LogP contribution in [0.15, 0.2) is 0 Å². The number of hydrogen-bond donors (Lipinski definition) is 0. The van der Waals surface area contributed by atoms with Crippen LogP contribution in [0, 0.1) is 11.8 Å². The predicted octanol–water partition coefficient (Wildman–Crippen LogP) is 7.01. The molecule has 0 aromatic carbocycles. The van der Waals surface area contributed by atoms with Crippen molar-refractivity contribution in [1.29, 1.82) is 0 Å². The molecule has 0 fully saturated rings. The van der Waals surface area contributed by atoms with Gasteiger partial charge in [0.05, 0.1) is 26.4 Å². The molecule has 215 valence electrons. The molecule has 11 heteroatoms. The van der Waals surface area contributed by atoms with Crippen molar-refractivity contribution in [1.82, 2.24) is 0 Å². The summed E-state index contributed by atoms with van der Waals surface area (Å²) in [6.45, 7) is 13.3. The Balaban J connectivity index is -0.000000569. The van der Waals surface area contributed by atoms with Crippen LogP contribution in [0.1, 0.15) is 119 Å². The van der Waals surface area contributed by atoms with E-state index in [4.69, 9.17) is 18.1 Å². The third-order valence-corrected chi connectivity index (χ3v) is 7.45. The Morgan fingerprint density at radius 2 is 0.886 bits per heavy atom. The molecule has 8 nitrogen and oxygen atoms in total. The van der Waals surface area contributed by atoms with Gasteiger partial charge < -0.3 is 27.9 Å². The van der Waals surface area contributed by atoms with E-state index in [-0.39, 0.29) is 43.2 Å². The minimum atomic E-state index is -4.07. The van der Waals surface area contributed by atoms with Gasteiger partial charge in [-0.1, -0.05) is 92.9 Å². The summed E-state index contributed by atoms with van der Waals surface area (Å²) < 4.78 is 42.1. The third-order valence-electron chi connectivity index (χ3n) is 5.52. The van der Waals surface area contributed by atoms with E-state index in [0.29, 0.717) is 11.8 Å². The number of hydrogen-bond acceptors (Lipinski definition) is 8. The fourth-order valence-corrected chi connectivity index (χ4v) is 4.55. The van der Waals surface area contributed by atoms with Crippen molar-refractivity contribution in [2.45, 2.75) is 119 Å². The Labute approximate surface area is 226 Å². The Bertz CT molecular complexity index is 494. The summed E-state index contributed by atoms with van der Waals surface area (Å²) in [5, 5.41) is 0. The van der Waals surface area contributed by atoms with Crippen LogP contribution in [-0.4, -0.2) is 26.4 Å². The van der Waals surface area contributed by atoms with Gasteiger partial charge in [0.15, 0.2) is 0 Å².